The van der Waals surface area contributed by atoms with Crippen molar-refractivity contribution in [3.63, 3.8) is 0 Å². The molecular weight excluding hydrogens is 406 g/mol. The third-order valence-corrected chi connectivity index (χ3v) is 4.60. The van der Waals surface area contributed by atoms with Gasteiger partial charge in [0.05, 0.1) is 11.6 Å². The molecule has 0 aromatic heterocycles. The summed E-state index contributed by atoms with van der Waals surface area (Å²) in [5.74, 6) is 0.151. The van der Waals surface area contributed by atoms with Crippen LogP contribution >= 0.6 is 0 Å². The number of carbonyl (C=O) groups excluding carboxylic acids is 2. The van der Waals surface area contributed by atoms with E-state index in [-0.39, 0.29) is 13.2 Å². The van der Waals surface area contributed by atoms with E-state index in [2.05, 4.69) is 16.9 Å². The van der Waals surface area contributed by atoms with Gasteiger partial charge in [-0.25, -0.2) is 0 Å². The lowest BCUT2D eigenvalue weighted by Gasteiger charge is -2.11. The van der Waals surface area contributed by atoms with E-state index in [1.54, 1.807) is 30.3 Å². The first kappa shape index (κ1) is 22.4. The molecule has 162 valence electrons. The molecule has 7 heteroatoms. The molecule has 0 heterocycles. The number of aryl methyl sites for hydroxylation is 2. The van der Waals surface area contributed by atoms with E-state index >= 15 is 0 Å². The zero-order valence-corrected chi connectivity index (χ0v) is 17.8. The van der Waals surface area contributed by atoms with Gasteiger partial charge in [0, 0.05) is 0 Å². The number of nitrogens with zero attached hydrogens (tertiary/aromatic N) is 1. The van der Waals surface area contributed by atoms with Crippen LogP contribution in [-0.4, -0.2) is 25.0 Å². The largest absolute Gasteiger partial charge is 0.484 e. The number of hydrogen-bond acceptors (Lipinski definition) is 5. The Hall–Kier alpha value is -4.31. The Morgan fingerprint density at radius 1 is 0.812 bits per heavy atom. The highest BCUT2D eigenvalue weighted by atomic mass is 16.5. The van der Waals surface area contributed by atoms with E-state index in [0.717, 1.165) is 22.3 Å². The molecule has 0 spiro atoms. The number of benzene rings is 3. The van der Waals surface area contributed by atoms with Gasteiger partial charge in [-0.05, 0) is 60.9 Å². The molecule has 0 unspecified atom stereocenters. The molecule has 0 saturated carbocycles. The van der Waals surface area contributed by atoms with Gasteiger partial charge >= 0.3 is 0 Å². The van der Waals surface area contributed by atoms with Gasteiger partial charge < -0.3 is 9.47 Å². The minimum Gasteiger partial charge on any atom is -0.484 e. The summed E-state index contributed by atoms with van der Waals surface area (Å²) in [6.07, 6.45) is 0. The molecule has 0 aliphatic rings. The van der Waals surface area contributed by atoms with Gasteiger partial charge in [-0.1, -0.05) is 42.0 Å². The van der Waals surface area contributed by atoms with E-state index in [0.29, 0.717) is 17.1 Å². The van der Waals surface area contributed by atoms with Crippen molar-refractivity contribution in [2.24, 2.45) is 0 Å². The van der Waals surface area contributed by atoms with Crippen LogP contribution in [0.25, 0.3) is 11.1 Å². The van der Waals surface area contributed by atoms with Crippen molar-refractivity contribution in [2.45, 2.75) is 13.8 Å². The number of rotatable bonds is 7. The highest BCUT2D eigenvalue weighted by Gasteiger charge is 2.08. The van der Waals surface area contributed by atoms with E-state index in [9.17, 15) is 9.59 Å². The highest BCUT2D eigenvalue weighted by molar-refractivity contribution is 5.83. The third kappa shape index (κ3) is 6.34. The van der Waals surface area contributed by atoms with Crippen molar-refractivity contribution in [3.8, 4) is 28.7 Å². The van der Waals surface area contributed by atoms with Crippen molar-refractivity contribution in [3.05, 3.63) is 83.4 Å². The molecule has 0 aliphatic carbocycles. The van der Waals surface area contributed by atoms with E-state index in [1.165, 1.54) is 0 Å². The Labute approximate surface area is 186 Å². The van der Waals surface area contributed by atoms with E-state index in [1.807, 2.05) is 50.2 Å². The Morgan fingerprint density at radius 2 is 1.38 bits per heavy atom. The van der Waals surface area contributed by atoms with Gasteiger partial charge in [-0.2, -0.15) is 5.26 Å². The minimum atomic E-state index is -0.499. The van der Waals surface area contributed by atoms with Crippen LogP contribution in [0.5, 0.6) is 11.5 Å². The molecule has 3 aromatic carbocycles. The smallest absolute Gasteiger partial charge is 0.276 e. The predicted octanol–water partition coefficient (Wildman–Crippen LogP) is 3.45. The summed E-state index contributed by atoms with van der Waals surface area (Å²) in [7, 11) is 0. The zero-order valence-electron chi connectivity index (χ0n) is 17.8. The number of amides is 2. The Bertz CT molecular complexity index is 1130. The lowest BCUT2D eigenvalue weighted by atomic mass is 10.0. The average Bonchev–Trinajstić information content (AvgIpc) is 2.81. The number of ether oxygens (including phenoxy) is 2. The first-order valence-corrected chi connectivity index (χ1v) is 9.96. The summed E-state index contributed by atoms with van der Waals surface area (Å²) in [6, 6.07) is 22.2. The van der Waals surface area contributed by atoms with Gasteiger partial charge in [0.15, 0.2) is 13.2 Å². The number of carbonyl (C=O) groups is 2. The SMILES string of the molecule is Cc1ccc(OCC(=O)NNC(=O)COc2ccc(-c3ccc(C#N)cc3)cc2)c(C)c1. The van der Waals surface area contributed by atoms with Gasteiger partial charge in [-0.15, -0.1) is 0 Å². The fraction of sp³-hybridized carbons (Fsp3) is 0.160. The fourth-order valence-electron chi connectivity index (χ4n) is 2.95. The van der Waals surface area contributed by atoms with Crippen LogP contribution in [0, 0.1) is 25.2 Å². The first-order valence-electron chi connectivity index (χ1n) is 9.96. The predicted molar refractivity (Wildman–Crippen MR) is 120 cm³/mol. The van der Waals surface area contributed by atoms with Crippen molar-refractivity contribution < 1.29 is 19.1 Å². The molecule has 3 rings (SSSR count). The first-order chi connectivity index (χ1) is 15.4. The summed E-state index contributed by atoms with van der Waals surface area (Å²) >= 11 is 0. The summed E-state index contributed by atoms with van der Waals surface area (Å²) in [6.45, 7) is 3.40. The fourth-order valence-corrected chi connectivity index (χ4v) is 2.95. The number of hydrogen-bond donors (Lipinski definition) is 2. The van der Waals surface area contributed by atoms with Crippen molar-refractivity contribution in [1.29, 1.82) is 5.26 Å². The topological polar surface area (TPSA) is 100 Å². The Balaban J connectivity index is 1.40. The molecule has 3 aromatic rings. The van der Waals surface area contributed by atoms with Gasteiger partial charge in [0.25, 0.3) is 11.8 Å². The van der Waals surface area contributed by atoms with E-state index in [4.69, 9.17) is 14.7 Å². The number of nitrogens with one attached hydrogen (secondary N) is 2. The maximum atomic E-state index is 11.9. The maximum Gasteiger partial charge on any atom is 0.276 e. The molecule has 0 bridgehead atoms. The number of nitriles is 1. The van der Waals surface area contributed by atoms with Crippen molar-refractivity contribution in [2.75, 3.05) is 13.2 Å². The third-order valence-electron chi connectivity index (χ3n) is 4.60. The lowest BCUT2D eigenvalue weighted by Crippen LogP contribution is -2.45. The molecule has 0 atom stereocenters. The molecular formula is C25H23N3O4. The highest BCUT2D eigenvalue weighted by Crippen LogP contribution is 2.23. The number of hydrazine groups is 1. The molecule has 2 amide bonds. The standard InChI is InChI=1S/C25H23N3O4/c1-17-3-12-23(18(2)13-17)32-16-25(30)28-27-24(29)15-31-22-10-8-21(9-11-22)20-6-4-19(14-26)5-7-20/h3-13H,15-16H2,1-2H3,(H,27,29)(H,28,30). The molecule has 0 fully saturated rings. The molecule has 2 N–H and O–H groups in total. The lowest BCUT2D eigenvalue weighted by molar-refractivity contribution is -0.131. The molecule has 0 radical (unpaired) electrons. The molecule has 0 aliphatic heterocycles. The van der Waals surface area contributed by atoms with Crippen LogP contribution < -0.4 is 20.3 Å². The van der Waals surface area contributed by atoms with Crippen LogP contribution in [0.3, 0.4) is 0 Å². The van der Waals surface area contributed by atoms with Crippen LogP contribution in [0.1, 0.15) is 16.7 Å². The average molecular weight is 429 g/mol. The summed E-state index contributed by atoms with van der Waals surface area (Å²) in [4.78, 5) is 23.8. The second-order valence-electron chi connectivity index (χ2n) is 7.16. The minimum absolute atomic E-state index is 0.220. The maximum absolute atomic E-state index is 11.9. The van der Waals surface area contributed by atoms with Crippen molar-refractivity contribution >= 4 is 11.8 Å². The second kappa shape index (κ2) is 10.6. The summed E-state index contributed by atoms with van der Waals surface area (Å²) in [5.41, 5.74) is 9.15. The quantitative estimate of drug-likeness (QED) is 0.561. The monoisotopic (exact) mass is 429 g/mol. The Kier molecular flexibility index (Phi) is 7.44. The zero-order chi connectivity index (χ0) is 22.9. The van der Waals surface area contributed by atoms with E-state index < -0.39 is 11.8 Å². The summed E-state index contributed by atoms with van der Waals surface area (Å²) in [5, 5.41) is 8.87. The second-order valence-corrected chi connectivity index (χ2v) is 7.16. The van der Waals surface area contributed by atoms with Gasteiger partial charge in [0.1, 0.15) is 11.5 Å². The van der Waals surface area contributed by atoms with Crippen LogP contribution in [-0.2, 0) is 9.59 Å². The summed E-state index contributed by atoms with van der Waals surface area (Å²) < 4.78 is 10.9. The molecule has 32 heavy (non-hydrogen) atoms. The van der Waals surface area contributed by atoms with Gasteiger partial charge in [0.2, 0.25) is 0 Å². The van der Waals surface area contributed by atoms with Crippen LogP contribution in [0.15, 0.2) is 66.7 Å². The normalized spacial score (nSPS) is 10.0. The Morgan fingerprint density at radius 3 is 1.94 bits per heavy atom. The molecule has 7 nitrogen and oxygen atoms in total. The van der Waals surface area contributed by atoms with Crippen LogP contribution in [0.2, 0.25) is 0 Å². The van der Waals surface area contributed by atoms with Gasteiger partial charge in [-0.3, -0.25) is 20.4 Å². The van der Waals surface area contributed by atoms with Crippen molar-refractivity contribution in [1.82, 2.24) is 10.9 Å². The molecule has 0 saturated heterocycles. The van der Waals surface area contributed by atoms with Crippen LogP contribution in [0.4, 0.5) is 0 Å².